The molecule has 21 heavy (non-hydrogen) atoms. The molecule has 1 aliphatic heterocycles. The fourth-order valence-corrected chi connectivity index (χ4v) is 4.50. The Labute approximate surface area is 127 Å². The largest absolute Gasteiger partial charge is 0.497 e. The van der Waals surface area contributed by atoms with Crippen LogP contribution in [0.5, 0.6) is 11.5 Å². The molecule has 0 amide bonds. The van der Waals surface area contributed by atoms with E-state index in [2.05, 4.69) is 4.72 Å². The third-order valence-electron chi connectivity index (χ3n) is 3.26. The van der Waals surface area contributed by atoms with E-state index in [0.29, 0.717) is 17.2 Å². The molecule has 5 nitrogen and oxygen atoms in total. The summed E-state index contributed by atoms with van der Waals surface area (Å²) in [5.74, 6) is 1.52. The molecule has 3 rings (SSSR count). The number of ether oxygens (including phenoxy) is 2. The molecule has 0 unspecified atom stereocenters. The fourth-order valence-electron chi connectivity index (χ4n) is 2.27. The van der Waals surface area contributed by atoms with Crippen LogP contribution in [0.3, 0.4) is 0 Å². The van der Waals surface area contributed by atoms with E-state index in [-0.39, 0.29) is 6.04 Å². The maximum Gasteiger partial charge on any atom is 0.250 e. The van der Waals surface area contributed by atoms with Crippen molar-refractivity contribution in [2.24, 2.45) is 0 Å². The van der Waals surface area contributed by atoms with Crippen LogP contribution >= 0.6 is 11.3 Å². The van der Waals surface area contributed by atoms with Gasteiger partial charge in [0, 0.05) is 0 Å². The van der Waals surface area contributed by atoms with E-state index in [1.165, 1.54) is 11.3 Å². The van der Waals surface area contributed by atoms with Gasteiger partial charge in [-0.1, -0.05) is 6.07 Å². The standard InChI is InChI=1S/C14H15NO4S2/c1-18-12-4-5-13-10(8-12)7-11(9-19-13)15-21(16,17)14-3-2-6-20-14/h2-6,8,11,15H,7,9H2,1H3/t11-/m1/s1. The minimum Gasteiger partial charge on any atom is -0.497 e. The maximum atomic E-state index is 12.2. The highest BCUT2D eigenvalue weighted by molar-refractivity contribution is 7.91. The number of hydrogen-bond acceptors (Lipinski definition) is 5. The molecule has 1 aromatic heterocycles. The Morgan fingerprint density at radius 1 is 1.38 bits per heavy atom. The van der Waals surface area contributed by atoms with Crippen molar-refractivity contribution in [1.82, 2.24) is 4.72 Å². The molecule has 0 fully saturated rings. The van der Waals surface area contributed by atoms with Gasteiger partial charge in [0.2, 0.25) is 10.0 Å². The fraction of sp³-hybridized carbons (Fsp3) is 0.286. The summed E-state index contributed by atoms with van der Waals surface area (Å²) in [4.78, 5) is 0. The second-order valence-electron chi connectivity index (χ2n) is 4.74. The number of nitrogens with one attached hydrogen (secondary N) is 1. The SMILES string of the molecule is COc1ccc2c(c1)C[C@@H](NS(=O)(=O)c1cccs1)CO2. The summed E-state index contributed by atoms with van der Waals surface area (Å²) < 4.78 is 38.2. The van der Waals surface area contributed by atoms with Gasteiger partial charge >= 0.3 is 0 Å². The summed E-state index contributed by atoms with van der Waals surface area (Å²) in [6.45, 7) is 0.323. The number of fused-ring (bicyclic) bond motifs is 1. The molecular weight excluding hydrogens is 310 g/mol. The molecule has 112 valence electrons. The highest BCUT2D eigenvalue weighted by Gasteiger charge is 2.26. The van der Waals surface area contributed by atoms with Gasteiger partial charge in [0.15, 0.2) is 0 Å². The monoisotopic (exact) mass is 325 g/mol. The second-order valence-corrected chi connectivity index (χ2v) is 7.63. The summed E-state index contributed by atoms with van der Waals surface area (Å²) in [5.41, 5.74) is 0.944. The molecule has 2 heterocycles. The Balaban J connectivity index is 1.77. The third-order valence-corrected chi connectivity index (χ3v) is 6.17. The van der Waals surface area contributed by atoms with Gasteiger partial charge in [-0.3, -0.25) is 0 Å². The van der Waals surface area contributed by atoms with E-state index in [1.807, 2.05) is 18.2 Å². The van der Waals surface area contributed by atoms with E-state index >= 15 is 0 Å². The highest BCUT2D eigenvalue weighted by atomic mass is 32.2. The average molecular weight is 325 g/mol. The quantitative estimate of drug-likeness (QED) is 0.934. The van der Waals surface area contributed by atoms with Crippen molar-refractivity contribution >= 4 is 21.4 Å². The van der Waals surface area contributed by atoms with Crippen molar-refractivity contribution in [3.05, 3.63) is 41.3 Å². The van der Waals surface area contributed by atoms with Crippen LogP contribution in [0, 0.1) is 0 Å². The summed E-state index contributed by atoms with van der Waals surface area (Å²) in [7, 11) is -1.88. The lowest BCUT2D eigenvalue weighted by Crippen LogP contribution is -2.42. The van der Waals surface area contributed by atoms with E-state index in [9.17, 15) is 8.42 Å². The van der Waals surface area contributed by atoms with Crippen molar-refractivity contribution in [3.8, 4) is 11.5 Å². The lowest BCUT2D eigenvalue weighted by molar-refractivity contribution is 0.253. The number of benzene rings is 1. The van der Waals surface area contributed by atoms with Gasteiger partial charge in [-0.15, -0.1) is 11.3 Å². The molecule has 1 aliphatic rings. The van der Waals surface area contributed by atoms with Crippen molar-refractivity contribution in [1.29, 1.82) is 0 Å². The molecule has 1 N–H and O–H groups in total. The van der Waals surface area contributed by atoms with Crippen LogP contribution < -0.4 is 14.2 Å². The summed E-state index contributed by atoms with van der Waals surface area (Å²) in [6.07, 6.45) is 0.580. The van der Waals surface area contributed by atoms with E-state index in [0.717, 1.165) is 17.1 Å². The Morgan fingerprint density at radius 2 is 2.24 bits per heavy atom. The Bertz CT molecular complexity index is 725. The number of sulfonamides is 1. The van der Waals surface area contributed by atoms with Gasteiger partial charge in [-0.05, 0) is 41.6 Å². The van der Waals surface area contributed by atoms with Crippen LogP contribution in [0.15, 0.2) is 39.9 Å². The van der Waals surface area contributed by atoms with Crippen molar-refractivity contribution < 1.29 is 17.9 Å². The molecule has 1 atom stereocenters. The zero-order valence-corrected chi connectivity index (χ0v) is 13.0. The molecule has 1 aromatic carbocycles. The van der Waals surface area contributed by atoms with E-state index < -0.39 is 10.0 Å². The molecular formula is C14H15NO4S2. The van der Waals surface area contributed by atoms with E-state index in [1.54, 1.807) is 24.6 Å². The van der Waals surface area contributed by atoms with Gasteiger partial charge < -0.3 is 9.47 Å². The summed E-state index contributed by atoms with van der Waals surface area (Å²) >= 11 is 1.20. The molecule has 0 bridgehead atoms. The Morgan fingerprint density at radius 3 is 2.95 bits per heavy atom. The van der Waals surface area contributed by atoms with Crippen LogP contribution in [0.1, 0.15) is 5.56 Å². The average Bonchev–Trinajstić information content (AvgIpc) is 3.01. The number of rotatable bonds is 4. The van der Waals surface area contributed by atoms with Gasteiger partial charge in [0.05, 0.1) is 13.2 Å². The van der Waals surface area contributed by atoms with Crippen LogP contribution in [-0.2, 0) is 16.4 Å². The van der Waals surface area contributed by atoms with Crippen molar-refractivity contribution in [2.45, 2.75) is 16.7 Å². The molecule has 0 aliphatic carbocycles. The molecule has 7 heteroatoms. The van der Waals surface area contributed by atoms with Crippen LogP contribution in [0.25, 0.3) is 0 Å². The summed E-state index contributed by atoms with van der Waals surface area (Å²) in [6, 6.07) is 8.58. The van der Waals surface area contributed by atoms with Crippen LogP contribution in [0.4, 0.5) is 0 Å². The highest BCUT2D eigenvalue weighted by Crippen LogP contribution is 2.29. The zero-order chi connectivity index (χ0) is 14.9. The lowest BCUT2D eigenvalue weighted by atomic mass is 10.0. The molecule has 0 saturated heterocycles. The van der Waals surface area contributed by atoms with Gasteiger partial charge in [0.25, 0.3) is 0 Å². The number of thiophene rings is 1. The summed E-state index contributed by atoms with van der Waals surface area (Å²) in [5, 5.41) is 1.74. The lowest BCUT2D eigenvalue weighted by Gasteiger charge is -2.26. The van der Waals surface area contributed by atoms with Crippen molar-refractivity contribution in [3.63, 3.8) is 0 Å². The van der Waals surface area contributed by atoms with Gasteiger partial charge in [-0.25, -0.2) is 13.1 Å². The molecule has 0 radical (unpaired) electrons. The van der Waals surface area contributed by atoms with Gasteiger partial charge in [-0.2, -0.15) is 0 Å². The Hall–Kier alpha value is -1.57. The normalized spacial score (nSPS) is 17.9. The predicted molar refractivity (Wildman–Crippen MR) is 80.6 cm³/mol. The molecule has 0 saturated carbocycles. The Kier molecular flexibility index (Phi) is 3.88. The van der Waals surface area contributed by atoms with Crippen LogP contribution in [-0.4, -0.2) is 28.2 Å². The first kappa shape index (κ1) is 14.4. The topological polar surface area (TPSA) is 64.6 Å². The predicted octanol–water partition coefficient (Wildman–Crippen LogP) is 2.04. The minimum atomic E-state index is -3.48. The van der Waals surface area contributed by atoms with Crippen LogP contribution in [0.2, 0.25) is 0 Å². The number of hydrogen-bond donors (Lipinski definition) is 1. The van der Waals surface area contributed by atoms with Gasteiger partial charge in [0.1, 0.15) is 22.3 Å². The first-order valence-electron chi connectivity index (χ1n) is 6.44. The first-order valence-corrected chi connectivity index (χ1v) is 8.80. The van der Waals surface area contributed by atoms with Crippen molar-refractivity contribution in [2.75, 3.05) is 13.7 Å². The smallest absolute Gasteiger partial charge is 0.250 e. The maximum absolute atomic E-state index is 12.2. The third kappa shape index (κ3) is 3.04. The second kappa shape index (κ2) is 5.67. The molecule has 2 aromatic rings. The zero-order valence-electron chi connectivity index (χ0n) is 11.4. The number of methoxy groups -OCH3 is 1. The first-order chi connectivity index (χ1) is 10.1. The molecule has 0 spiro atoms. The van der Waals surface area contributed by atoms with E-state index in [4.69, 9.17) is 9.47 Å². The minimum absolute atomic E-state index is 0.281.